The molecule has 1 saturated carbocycles. The summed E-state index contributed by atoms with van der Waals surface area (Å²) in [6.45, 7) is 0.958. The van der Waals surface area contributed by atoms with Gasteiger partial charge >= 0.3 is 5.97 Å². The summed E-state index contributed by atoms with van der Waals surface area (Å²) in [5.74, 6) is -0.789. The van der Waals surface area contributed by atoms with Crippen molar-refractivity contribution in [2.45, 2.75) is 50.2 Å². The van der Waals surface area contributed by atoms with Crippen LogP contribution in [0.15, 0.2) is 60.3 Å². The van der Waals surface area contributed by atoms with Gasteiger partial charge in [0.25, 0.3) is 11.8 Å². The zero-order chi connectivity index (χ0) is 22.6. The number of carbonyl (C=O) groups excluding carboxylic acids is 3. The quantitative estimate of drug-likeness (QED) is 0.531. The zero-order valence-electron chi connectivity index (χ0n) is 18.5. The van der Waals surface area contributed by atoms with Gasteiger partial charge in [-0.05, 0) is 55.4 Å². The predicted octanol–water partition coefficient (Wildman–Crippen LogP) is 4.03. The molecule has 0 bridgehead atoms. The molecule has 2 amide bonds. The summed E-state index contributed by atoms with van der Waals surface area (Å²) in [5.41, 5.74) is 3.58. The molecule has 0 aromatic heterocycles. The van der Waals surface area contributed by atoms with E-state index in [0.717, 1.165) is 56.3 Å². The van der Waals surface area contributed by atoms with Crippen LogP contribution < -0.4 is 0 Å². The van der Waals surface area contributed by atoms with Crippen LogP contribution in [0.3, 0.4) is 0 Å². The van der Waals surface area contributed by atoms with Crippen molar-refractivity contribution in [3.8, 4) is 0 Å². The summed E-state index contributed by atoms with van der Waals surface area (Å²) >= 11 is 0. The van der Waals surface area contributed by atoms with Gasteiger partial charge in [0, 0.05) is 12.6 Å². The second-order valence-electron chi connectivity index (χ2n) is 9.43. The molecule has 1 fully saturated rings. The summed E-state index contributed by atoms with van der Waals surface area (Å²) < 4.78 is 5.93. The molecule has 33 heavy (non-hydrogen) atoms. The van der Waals surface area contributed by atoms with Crippen molar-refractivity contribution >= 4 is 17.8 Å². The SMILES string of the molecule is O=C1C=C(N2CCc3ccccc3C2CN2C(=O)c3ccccc3C2=O)C2(CCCCC2)O1. The highest BCUT2D eigenvalue weighted by Gasteiger charge is 2.49. The van der Waals surface area contributed by atoms with Crippen LogP contribution in [0.4, 0.5) is 0 Å². The fraction of sp³-hybridized carbons (Fsp3) is 0.370. The number of carbonyl (C=O) groups is 3. The van der Waals surface area contributed by atoms with Crippen LogP contribution in [0.2, 0.25) is 0 Å². The van der Waals surface area contributed by atoms with Gasteiger partial charge in [-0.2, -0.15) is 0 Å². The minimum Gasteiger partial charge on any atom is -0.449 e. The average molecular weight is 443 g/mol. The van der Waals surface area contributed by atoms with Crippen LogP contribution in [0, 0.1) is 0 Å². The van der Waals surface area contributed by atoms with E-state index in [4.69, 9.17) is 4.74 Å². The summed E-state index contributed by atoms with van der Waals surface area (Å²) in [6, 6.07) is 15.0. The van der Waals surface area contributed by atoms with Crippen molar-refractivity contribution in [1.29, 1.82) is 0 Å². The predicted molar refractivity (Wildman–Crippen MR) is 121 cm³/mol. The second-order valence-corrected chi connectivity index (χ2v) is 9.43. The molecule has 4 aliphatic rings. The molecule has 1 unspecified atom stereocenters. The molecule has 168 valence electrons. The van der Waals surface area contributed by atoms with Gasteiger partial charge in [0.05, 0.1) is 29.4 Å². The molecule has 1 aliphatic carbocycles. The number of hydrogen-bond donors (Lipinski definition) is 0. The third-order valence-corrected chi connectivity index (χ3v) is 7.63. The topological polar surface area (TPSA) is 66.9 Å². The van der Waals surface area contributed by atoms with E-state index in [1.165, 1.54) is 10.5 Å². The number of amides is 2. The van der Waals surface area contributed by atoms with Crippen LogP contribution in [-0.4, -0.2) is 46.3 Å². The fourth-order valence-electron chi connectivity index (χ4n) is 6.06. The lowest BCUT2D eigenvalue weighted by molar-refractivity contribution is -0.149. The molecule has 1 spiro atoms. The van der Waals surface area contributed by atoms with Gasteiger partial charge in [-0.25, -0.2) is 4.79 Å². The Labute approximate surface area is 192 Å². The maximum atomic E-state index is 13.2. The Bertz CT molecular complexity index is 1160. The molecule has 0 saturated heterocycles. The first-order valence-electron chi connectivity index (χ1n) is 11.8. The molecule has 6 heteroatoms. The Morgan fingerprint density at radius 2 is 1.55 bits per heavy atom. The Morgan fingerprint density at radius 1 is 0.879 bits per heavy atom. The highest BCUT2D eigenvalue weighted by molar-refractivity contribution is 6.21. The first-order valence-corrected chi connectivity index (χ1v) is 11.8. The van der Waals surface area contributed by atoms with Crippen molar-refractivity contribution in [1.82, 2.24) is 9.80 Å². The lowest BCUT2D eigenvalue weighted by atomic mass is 9.80. The number of rotatable bonds is 3. The van der Waals surface area contributed by atoms with Gasteiger partial charge in [0.1, 0.15) is 0 Å². The molecule has 6 rings (SSSR count). The molecule has 6 nitrogen and oxygen atoms in total. The zero-order valence-corrected chi connectivity index (χ0v) is 18.5. The monoisotopic (exact) mass is 442 g/mol. The van der Waals surface area contributed by atoms with Crippen LogP contribution in [0.5, 0.6) is 0 Å². The second kappa shape index (κ2) is 7.58. The fourth-order valence-corrected chi connectivity index (χ4v) is 6.06. The lowest BCUT2D eigenvalue weighted by Crippen LogP contribution is -2.48. The summed E-state index contributed by atoms with van der Waals surface area (Å²) in [4.78, 5) is 42.4. The van der Waals surface area contributed by atoms with Gasteiger partial charge in [-0.1, -0.05) is 42.8 Å². The molecule has 0 N–H and O–H groups in total. The number of hydrogen-bond acceptors (Lipinski definition) is 5. The number of fused-ring (bicyclic) bond motifs is 2. The molecule has 0 radical (unpaired) electrons. The van der Waals surface area contributed by atoms with E-state index in [1.807, 2.05) is 12.1 Å². The van der Waals surface area contributed by atoms with Crippen LogP contribution in [0.1, 0.15) is 70.0 Å². The first-order chi connectivity index (χ1) is 16.1. The molecular weight excluding hydrogens is 416 g/mol. The van der Waals surface area contributed by atoms with Crippen molar-refractivity contribution in [3.05, 3.63) is 82.6 Å². The largest absolute Gasteiger partial charge is 0.449 e. The Balaban J connectivity index is 1.40. The molecule has 3 aliphatic heterocycles. The summed E-state index contributed by atoms with van der Waals surface area (Å²) in [7, 11) is 0. The van der Waals surface area contributed by atoms with Gasteiger partial charge < -0.3 is 9.64 Å². The molecule has 2 aromatic rings. The van der Waals surface area contributed by atoms with E-state index < -0.39 is 5.60 Å². The highest BCUT2D eigenvalue weighted by Crippen LogP contribution is 2.46. The van der Waals surface area contributed by atoms with Gasteiger partial charge in [0.2, 0.25) is 0 Å². The summed E-state index contributed by atoms with van der Waals surface area (Å²) in [5, 5.41) is 0. The smallest absolute Gasteiger partial charge is 0.333 e. The van der Waals surface area contributed by atoms with E-state index in [-0.39, 0.29) is 30.4 Å². The number of imide groups is 1. The van der Waals surface area contributed by atoms with Gasteiger partial charge in [0.15, 0.2) is 5.60 Å². The summed E-state index contributed by atoms with van der Waals surface area (Å²) in [6.07, 6.45) is 7.33. The maximum Gasteiger partial charge on any atom is 0.333 e. The Morgan fingerprint density at radius 3 is 2.27 bits per heavy atom. The van der Waals surface area contributed by atoms with Crippen LogP contribution >= 0.6 is 0 Å². The van der Waals surface area contributed by atoms with Gasteiger partial charge in [-0.3, -0.25) is 14.5 Å². The lowest BCUT2D eigenvalue weighted by Gasteiger charge is -2.46. The molecule has 3 heterocycles. The van der Waals surface area contributed by atoms with E-state index in [9.17, 15) is 14.4 Å². The van der Waals surface area contributed by atoms with Gasteiger partial charge in [-0.15, -0.1) is 0 Å². The minimum absolute atomic E-state index is 0.225. The van der Waals surface area contributed by atoms with Crippen molar-refractivity contribution in [2.75, 3.05) is 13.1 Å². The Kier molecular flexibility index (Phi) is 4.64. The van der Waals surface area contributed by atoms with Crippen molar-refractivity contribution < 1.29 is 19.1 Å². The molecule has 1 atom stereocenters. The van der Waals surface area contributed by atoms with Crippen molar-refractivity contribution in [2.24, 2.45) is 0 Å². The third kappa shape index (κ3) is 3.11. The number of ether oxygens (including phenoxy) is 1. The van der Waals surface area contributed by atoms with Crippen molar-refractivity contribution in [3.63, 3.8) is 0 Å². The minimum atomic E-state index is -0.581. The van der Waals surface area contributed by atoms with E-state index in [0.29, 0.717) is 11.1 Å². The maximum absolute atomic E-state index is 13.2. The first kappa shape index (κ1) is 20.2. The Hall–Kier alpha value is -3.41. The van der Waals surface area contributed by atoms with Crippen LogP contribution in [0.25, 0.3) is 0 Å². The standard InChI is InChI=1S/C27H26N2O4/c30-24-16-23(27(33-24)13-6-1-7-14-27)28-15-12-18-8-2-3-9-19(18)22(28)17-29-25(31)20-10-4-5-11-21(20)26(29)32/h2-5,8-11,16,22H,1,6-7,12-15,17H2. The molecular formula is C27H26N2O4. The van der Waals surface area contributed by atoms with Crippen LogP contribution in [-0.2, 0) is 16.0 Å². The highest BCUT2D eigenvalue weighted by atomic mass is 16.6. The normalized spacial score (nSPS) is 23.5. The third-order valence-electron chi connectivity index (χ3n) is 7.63. The van der Waals surface area contributed by atoms with E-state index >= 15 is 0 Å². The number of esters is 1. The van der Waals surface area contributed by atoms with E-state index in [2.05, 4.69) is 17.0 Å². The average Bonchev–Trinajstić information content (AvgIpc) is 3.28. The molecule has 2 aromatic carbocycles. The van der Waals surface area contributed by atoms with E-state index in [1.54, 1.807) is 30.3 Å². The number of benzene rings is 2. The number of nitrogens with zero attached hydrogens (tertiary/aromatic N) is 2.